The van der Waals surface area contributed by atoms with Gasteiger partial charge in [0.1, 0.15) is 11.4 Å². The van der Waals surface area contributed by atoms with E-state index in [1.807, 2.05) is 0 Å². The van der Waals surface area contributed by atoms with E-state index in [-0.39, 0.29) is 51.3 Å². The fourth-order valence-electron chi connectivity index (χ4n) is 5.65. The maximum absolute atomic E-state index is 13.1. The molecule has 1 N–H and O–H groups in total. The van der Waals surface area contributed by atoms with Gasteiger partial charge in [-0.25, -0.2) is 4.79 Å². The van der Waals surface area contributed by atoms with Crippen molar-refractivity contribution in [1.29, 1.82) is 0 Å². The van der Waals surface area contributed by atoms with Crippen molar-refractivity contribution in [2.75, 3.05) is 23.9 Å². The number of nitro groups is 1. The summed E-state index contributed by atoms with van der Waals surface area (Å²) in [5.41, 5.74) is -0.0770. The lowest BCUT2D eigenvalue weighted by atomic mass is 9.80. The van der Waals surface area contributed by atoms with Crippen LogP contribution in [0.15, 0.2) is 42.5 Å². The molecule has 5 rings (SSSR count). The van der Waals surface area contributed by atoms with Crippen molar-refractivity contribution in [3.63, 3.8) is 0 Å². The Morgan fingerprint density at radius 3 is 2.21 bits per heavy atom. The number of hydrogen-bond donors (Lipinski definition) is 1. The van der Waals surface area contributed by atoms with Crippen molar-refractivity contribution >= 4 is 64.0 Å². The van der Waals surface area contributed by atoms with Crippen LogP contribution in [-0.4, -0.2) is 53.1 Å². The fraction of sp³-hybridized carbons (Fsp3) is 0.360. The minimum absolute atomic E-state index is 0.0786. The summed E-state index contributed by atoms with van der Waals surface area (Å²) in [5, 5.41) is 12.8. The van der Waals surface area contributed by atoms with Crippen molar-refractivity contribution in [2.45, 2.75) is 17.2 Å². The number of fused-ring (bicyclic) bond motifs is 5. The second kappa shape index (κ2) is 9.88. The number of halogens is 2. The zero-order valence-corrected chi connectivity index (χ0v) is 21.3. The van der Waals surface area contributed by atoms with Gasteiger partial charge in [0.2, 0.25) is 11.8 Å². The van der Waals surface area contributed by atoms with E-state index in [2.05, 4.69) is 5.32 Å². The van der Waals surface area contributed by atoms with Crippen LogP contribution in [0.5, 0.6) is 5.75 Å². The van der Waals surface area contributed by atoms with Gasteiger partial charge in [0, 0.05) is 12.1 Å². The number of nitrogens with zero attached hydrogens (tertiary/aromatic N) is 2. The maximum Gasteiger partial charge on any atom is 0.338 e. The summed E-state index contributed by atoms with van der Waals surface area (Å²) in [6.07, 6.45) is 0.659. The van der Waals surface area contributed by atoms with E-state index < -0.39 is 35.2 Å². The summed E-state index contributed by atoms with van der Waals surface area (Å²) < 4.78 is 10.0. The van der Waals surface area contributed by atoms with E-state index in [1.165, 1.54) is 49.6 Å². The van der Waals surface area contributed by atoms with Gasteiger partial charge in [-0.1, -0.05) is 0 Å². The van der Waals surface area contributed by atoms with Crippen LogP contribution in [0.4, 0.5) is 17.1 Å². The molecule has 1 saturated heterocycles. The van der Waals surface area contributed by atoms with Gasteiger partial charge < -0.3 is 14.8 Å². The average molecular weight is 562 g/mol. The molecule has 0 spiro atoms. The molecule has 0 radical (unpaired) electrons. The quantitative estimate of drug-likeness (QED) is 0.178. The molecule has 13 heteroatoms. The Balaban J connectivity index is 1.22. The molecule has 3 fully saturated rings. The molecule has 0 unspecified atom stereocenters. The van der Waals surface area contributed by atoms with Gasteiger partial charge in [-0.3, -0.25) is 29.4 Å². The highest BCUT2D eigenvalue weighted by Crippen LogP contribution is 2.59. The summed E-state index contributed by atoms with van der Waals surface area (Å²) in [4.78, 5) is 62.6. The molecule has 11 nitrogen and oxygen atoms in total. The number of nitro benzene ring substituents is 1. The summed E-state index contributed by atoms with van der Waals surface area (Å²) in [5.74, 6) is -3.25. The van der Waals surface area contributed by atoms with Crippen molar-refractivity contribution in [1.82, 2.24) is 0 Å². The number of esters is 1. The van der Waals surface area contributed by atoms with Gasteiger partial charge in [0.05, 0.1) is 45.9 Å². The smallest absolute Gasteiger partial charge is 0.338 e. The normalized spacial score (nSPS) is 27.3. The van der Waals surface area contributed by atoms with Crippen molar-refractivity contribution < 1.29 is 33.6 Å². The number of alkyl halides is 2. The SMILES string of the molecule is COc1ccc([N+](=O)[O-])c(NC(=O)COC(=O)c2ccc(N3C(=O)[C@@H]4[C@H]5C[C@@H]([C@H](Cl)[C@H]5Cl)[C@H]4C3=O)cc2)c1. The highest BCUT2D eigenvalue weighted by atomic mass is 35.5. The predicted octanol–water partition coefficient (Wildman–Crippen LogP) is 3.37. The fourth-order valence-corrected chi connectivity index (χ4v) is 6.54. The zero-order chi connectivity index (χ0) is 27.3. The molecule has 2 aromatic rings. The zero-order valence-electron chi connectivity index (χ0n) is 19.8. The molecule has 3 aliphatic rings. The van der Waals surface area contributed by atoms with Crippen LogP contribution in [0.1, 0.15) is 16.8 Å². The van der Waals surface area contributed by atoms with Gasteiger partial charge in [-0.15, -0.1) is 23.2 Å². The van der Waals surface area contributed by atoms with Gasteiger partial charge in [-0.2, -0.15) is 0 Å². The Bertz CT molecular complexity index is 1320. The van der Waals surface area contributed by atoms with E-state index in [0.717, 1.165) is 4.90 Å². The number of carbonyl (C=O) groups excluding carboxylic acids is 4. The standard InChI is InChI=1S/C25H21Cl2N3O8/c1-37-13-6-7-17(30(35)36)16(8-13)28-18(31)10-38-25(34)11-2-4-12(5-3-11)29-23(32)19-14-9-15(20(19)24(29)33)22(27)21(14)26/h2-8,14-15,19-22H,9-10H2,1H3,(H,28,31)/t14-,15-,19-,20-,21+,22+/m1/s1. The first-order chi connectivity index (χ1) is 18.1. The van der Waals surface area contributed by atoms with E-state index >= 15 is 0 Å². The lowest BCUT2D eigenvalue weighted by molar-refractivity contribution is -0.383. The lowest BCUT2D eigenvalue weighted by Crippen LogP contribution is -2.37. The van der Waals surface area contributed by atoms with E-state index in [1.54, 1.807) is 0 Å². The number of rotatable bonds is 7. The van der Waals surface area contributed by atoms with E-state index in [0.29, 0.717) is 17.9 Å². The molecule has 38 heavy (non-hydrogen) atoms. The number of ether oxygens (including phenoxy) is 2. The molecule has 2 bridgehead atoms. The highest BCUT2D eigenvalue weighted by Gasteiger charge is 2.66. The van der Waals surface area contributed by atoms with Crippen LogP contribution in [0.25, 0.3) is 0 Å². The summed E-state index contributed by atoms with van der Waals surface area (Å²) in [6, 6.07) is 9.48. The number of benzene rings is 2. The summed E-state index contributed by atoms with van der Waals surface area (Å²) >= 11 is 12.8. The molecule has 1 aliphatic heterocycles. The van der Waals surface area contributed by atoms with Crippen molar-refractivity contribution in [3.05, 3.63) is 58.1 Å². The molecule has 2 saturated carbocycles. The Morgan fingerprint density at radius 2 is 1.66 bits per heavy atom. The molecule has 2 aromatic carbocycles. The summed E-state index contributed by atoms with van der Waals surface area (Å²) in [6.45, 7) is -0.705. The van der Waals surface area contributed by atoms with Gasteiger partial charge in [0.25, 0.3) is 11.6 Å². The number of amides is 3. The number of anilines is 2. The predicted molar refractivity (Wildman–Crippen MR) is 135 cm³/mol. The highest BCUT2D eigenvalue weighted by molar-refractivity contribution is 6.32. The third-order valence-corrected chi connectivity index (χ3v) is 8.68. The number of hydrogen-bond acceptors (Lipinski definition) is 8. The number of nitrogens with one attached hydrogen (secondary N) is 1. The second-order valence-electron chi connectivity index (χ2n) is 9.33. The molecule has 1 heterocycles. The summed E-state index contributed by atoms with van der Waals surface area (Å²) in [7, 11) is 1.37. The molecule has 6 atom stereocenters. The Hall–Kier alpha value is -3.70. The monoisotopic (exact) mass is 561 g/mol. The van der Waals surface area contributed by atoms with E-state index in [4.69, 9.17) is 32.7 Å². The molecule has 0 aromatic heterocycles. The van der Waals surface area contributed by atoms with Crippen LogP contribution in [0, 0.1) is 33.8 Å². The van der Waals surface area contributed by atoms with Crippen LogP contribution in [0.2, 0.25) is 0 Å². The molecule has 3 amide bonds. The third kappa shape index (κ3) is 4.25. The number of methoxy groups -OCH3 is 1. The Labute approximate surface area is 226 Å². The van der Waals surface area contributed by atoms with Crippen molar-refractivity contribution in [2.24, 2.45) is 23.7 Å². The first kappa shape index (κ1) is 25.9. The molecular formula is C25H21Cl2N3O8. The van der Waals surface area contributed by atoms with Gasteiger partial charge in [-0.05, 0) is 48.6 Å². The van der Waals surface area contributed by atoms with Crippen LogP contribution < -0.4 is 15.0 Å². The molecule has 198 valence electrons. The van der Waals surface area contributed by atoms with Crippen LogP contribution in [0.3, 0.4) is 0 Å². The van der Waals surface area contributed by atoms with Crippen molar-refractivity contribution in [3.8, 4) is 5.75 Å². The third-order valence-electron chi connectivity index (χ3n) is 7.36. The minimum atomic E-state index is -0.837. The van der Waals surface area contributed by atoms with Crippen LogP contribution in [-0.2, 0) is 19.1 Å². The number of imide groups is 1. The second-order valence-corrected chi connectivity index (χ2v) is 10.3. The topological polar surface area (TPSA) is 145 Å². The van der Waals surface area contributed by atoms with Gasteiger partial charge >= 0.3 is 5.97 Å². The lowest BCUT2D eigenvalue weighted by Gasteiger charge is -2.28. The van der Waals surface area contributed by atoms with Gasteiger partial charge in [0.15, 0.2) is 6.61 Å². The van der Waals surface area contributed by atoms with Crippen LogP contribution >= 0.6 is 23.2 Å². The first-order valence-electron chi connectivity index (χ1n) is 11.7. The Kier molecular flexibility index (Phi) is 6.74. The van der Waals surface area contributed by atoms with E-state index in [9.17, 15) is 29.3 Å². The number of carbonyl (C=O) groups is 4. The first-order valence-corrected chi connectivity index (χ1v) is 12.5. The minimum Gasteiger partial charge on any atom is -0.497 e. The average Bonchev–Trinajstić information content (AvgIpc) is 3.51. The Morgan fingerprint density at radius 1 is 1.05 bits per heavy atom. The largest absolute Gasteiger partial charge is 0.497 e. The maximum atomic E-state index is 13.1. The molecular weight excluding hydrogens is 541 g/mol. The molecule has 2 aliphatic carbocycles.